The van der Waals surface area contributed by atoms with Gasteiger partial charge in [-0.15, -0.1) is 0 Å². The topological polar surface area (TPSA) is 89.3 Å². The number of carbonyl (C=O) groups is 1. The second-order valence-corrected chi connectivity index (χ2v) is 6.80. The molecule has 0 aliphatic heterocycles. The summed E-state index contributed by atoms with van der Waals surface area (Å²) in [6.07, 6.45) is 0.438. The van der Waals surface area contributed by atoms with E-state index in [1.165, 1.54) is 0 Å². The van der Waals surface area contributed by atoms with Gasteiger partial charge >= 0.3 is 0 Å². The average Bonchev–Trinajstić information content (AvgIpc) is 2.39. The number of amides is 1. The third kappa shape index (κ3) is 5.85. The van der Waals surface area contributed by atoms with E-state index in [4.69, 9.17) is 5.73 Å². The molecule has 1 aromatic rings. The molecule has 1 aromatic carbocycles. The maximum absolute atomic E-state index is 11.7. The van der Waals surface area contributed by atoms with Crippen LogP contribution in [0.1, 0.15) is 12.5 Å². The van der Waals surface area contributed by atoms with Gasteiger partial charge in [-0.1, -0.05) is 37.3 Å². The molecule has 1 atom stereocenters. The Morgan fingerprint density at radius 2 is 1.95 bits per heavy atom. The summed E-state index contributed by atoms with van der Waals surface area (Å²) in [4.78, 5) is 11.7. The van der Waals surface area contributed by atoms with Gasteiger partial charge in [0.05, 0.1) is 11.8 Å². The number of hydrogen-bond donors (Lipinski definition) is 2. The fourth-order valence-electron chi connectivity index (χ4n) is 1.57. The standard InChI is InChI=1S/C13H20N2O3S/c1-2-19(17,18)9-8-15-13(16)12(14)10-11-6-4-3-5-7-11/h3-7,12H,2,8-10,14H2,1H3,(H,15,16)/t12-/m1/s1. The zero-order chi connectivity index (χ0) is 14.3. The molecule has 0 aromatic heterocycles. The Morgan fingerprint density at radius 3 is 2.53 bits per heavy atom. The van der Waals surface area contributed by atoms with Gasteiger partial charge in [-0.25, -0.2) is 8.42 Å². The molecule has 0 aliphatic rings. The molecule has 0 aliphatic carbocycles. The van der Waals surface area contributed by atoms with Gasteiger partial charge in [0.2, 0.25) is 5.91 Å². The number of nitrogens with one attached hydrogen (secondary N) is 1. The van der Waals surface area contributed by atoms with Crippen molar-refractivity contribution in [2.45, 2.75) is 19.4 Å². The van der Waals surface area contributed by atoms with Crippen molar-refractivity contribution >= 4 is 15.7 Å². The van der Waals surface area contributed by atoms with Crippen LogP contribution in [0.5, 0.6) is 0 Å². The highest BCUT2D eigenvalue weighted by molar-refractivity contribution is 7.91. The minimum absolute atomic E-state index is 0.0483. The zero-order valence-electron chi connectivity index (χ0n) is 11.0. The Balaban J connectivity index is 2.37. The lowest BCUT2D eigenvalue weighted by atomic mass is 10.1. The van der Waals surface area contributed by atoms with Crippen LogP contribution >= 0.6 is 0 Å². The van der Waals surface area contributed by atoms with Crippen LogP contribution in [0.25, 0.3) is 0 Å². The van der Waals surface area contributed by atoms with Crippen molar-refractivity contribution < 1.29 is 13.2 Å². The van der Waals surface area contributed by atoms with E-state index >= 15 is 0 Å². The average molecular weight is 284 g/mol. The molecule has 0 radical (unpaired) electrons. The Kier molecular flexibility index (Phi) is 5.98. The first-order valence-electron chi connectivity index (χ1n) is 6.22. The molecule has 0 heterocycles. The van der Waals surface area contributed by atoms with Gasteiger partial charge in [0.25, 0.3) is 0 Å². The Hall–Kier alpha value is -1.40. The Labute approximate surface area is 114 Å². The number of hydrogen-bond acceptors (Lipinski definition) is 4. The van der Waals surface area contributed by atoms with Crippen LogP contribution in [0.3, 0.4) is 0 Å². The van der Waals surface area contributed by atoms with E-state index in [1.807, 2.05) is 30.3 Å². The summed E-state index contributed by atoms with van der Waals surface area (Å²) in [7, 11) is -3.06. The summed E-state index contributed by atoms with van der Waals surface area (Å²) in [6, 6.07) is 8.79. The molecular weight excluding hydrogens is 264 g/mol. The predicted octanol–water partition coefficient (Wildman–Crippen LogP) is 0.107. The Bertz CT molecular complexity index is 500. The van der Waals surface area contributed by atoms with Crippen molar-refractivity contribution in [2.24, 2.45) is 5.73 Å². The third-order valence-electron chi connectivity index (χ3n) is 2.79. The summed E-state index contributed by atoms with van der Waals surface area (Å²) < 4.78 is 22.5. The number of benzene rings is 1. The van der Waals surface area contributed by atoms with Gasteiger partial charge in [-0.2, -0.15) is 0 Å². The van der Waals surface area contributed by atoms with Gasteiger partial charge in [-0.05, 0) is 12.0 Å². The highest BCUT2D eigenvalue weighted by Crippen LogP contribution is 2.01. The van der Waals surface area contributed by atoms with Crippen LogP contribution in [-0.2, 0) is 21.1 Å². The molecule has 106 valence electrons. The lowest BCUT2D eigenvalue weighted by Gasteiger charge is -2.12. The van der Waals surface area contributed by atoms with Crippen molar-refractivity contribution in [3.05, 3.63) is 35.9 Å². The summed E-state index contributed by atoms with van der Waals surface area (Å²) in [5.74, 6) is -0.290. The van der Waals surface area contributed by atoms with E-state index in [0.717, 1.165) is 5.56 Å². The molecule has 1 amide bonds. The van der Waals surface area contributed by atoms with Crippen molar-refractivity contribution in [1.29, 1.82) is 0 Å². The van der Waals surface area contributed by atoms with Gasteiger partial charge in [0, 0.05) is 12.3 Å². The molecule has 0 saturated carbocycles. The van der Waals surface area contributed by atoms with Crippen molar-refractivity contribution in [3.63, 3.8) is 0 Å². The van der Waals surface area contributed by atoms with Crippen molar-refractivity contribution in [1.82, 2.24) is 5.32 Å². The van der Waals surface area contributed by atoms with Crippen molar-refractivity contribution in [3.8, 4) is 0 Å². The molecule has 0 saturated heterocycles. The van der Waals surface area contributed by atoms with Gasteiger partial charge in [-0.3, -0.25) is 4.79 Å². The summed E-state index contributed by atoms with van der Waals surface area (Å²) in [5.41, 5.74) is 6.75. The smallest absolute Gasteiger partial charge is 0.237 e. The van der Waals surface area contributed by atoms with Crippen LogP contribution in [0.15, 0.2) is 30.3 Å². The molecule has 0 unspecified atom stereocenters. The molecule has 6 heteroatoms. The van der Waals surface area contributed by atoms with Crippen LogP contribution in [0, 0.1) is 0 Å². The van der Waals surface area contributed by atoms with Gasteiger partial charge in [0.1, 0.15) is 0 Å². The first kappa shape index (κ1) is 15.7. The normalized spacial score (nSPS) is 12.9. The highest BCUT2D eigenvalue weighted by atomic mass is 32.2. The summed E-state index contributed by atoms with van der Waals surface area (Å²) >= 11 is 0. The Morgan fingerprint density at radius 1 is 1.32 bits per heavy atom. The fourth-order valence-corrected chi connectivity index (χ4v) is 2.27. The lowest BCUT2D eigenvalue weighted by molar-refractivity contribution is -0.122. The fraction of sp³-hybridized carbons (Fsp3) is 0.462. The lowest BCUT2D eigenvalue weighted by Crippen LogP contribution is -2.43. The maximum Gasteiger partial charge on any atom is 0.237 e. The number of carbonyl (C=O) groups excluding carboxylic acids is 1. The van der Waals surface area contributed by atoms with E-state index in [1.54, 1.807) is 6.92 Å². The highest BCUT2D eigenvalue weighted by Gasteiger charge is 2.14. The quantitative estimate of drug-likeness (QED) is 0.743. The van der Waals surface area contributed by atoms with Gasteiger partial charge in [0.15, 0.2) is 9.84 Å². The van der Waals surface area contributed by atoms with E-state index in [-0.39, 0.29) is 24.0 Å². The third-order valence-corrected chi connectivity index (χ3v) is 4.49. The summed E-state index contributed by atoms with van der Waals surface area (Å²) in [6.45, 7) is 1.69. The first-order valence-corrected chi connectivity index (χ1v) is 8.04. The first-order chi connectivity index (χ1) is 8.94. The van der Waals surface area contributed by atoms with Crippen LogP contribution < -0.4 is 11.1 Å². The zero-order valence-corrected chi connectivity index (χ0v) is 11.8. The maximum atomic E-state index is 11.7. The molecule has 0 fully saturated rings. The minimum Gasteiger partial charge on any atom is -0.354 e. The SMILES string of the molecule is CCS(=O)(=O)CCNC(=O)[C@H](N)Cc1ccccc1. The van der Waals surface area contributed by atoms with E-state index in [9.17, 15) is 13.2 Å². The van der Waals surface area contributed by atoms with E-state index in [2.05, 4.69) is 5.32 Å². The summed E-state index contributed by atoms with van der Waals surface area (Å²) in [5, 5.41) is 2.55. The minimum atomic E-state index is -3.06. The molecule has 19 heavy (non-hydrogen) atoms. The second kappa shape index (κ2) is 7.25. The number of sulfone groups is 1. The van der Waals surface area contributed by atoms with Gasteiger partial charge < -0.3 is 11.1 Å². The molecule has 3 N–H and O–H groups in total. The molecule has 1 rings (SSSR count). The molecule has 0 bridgehead atoms. The molecule has 5 nitrogen and oxygen atoms in total. The predicted molar refractivity (Wildman–Crippen MR) is 75.5 cm³/mol. The monoisotopic (exact) mass is 284 g/mol. The molecule has 0 spiro atoms. The largest absolute Gasteiger partial charge is 0.354 e. The van der Waals surface area contributed by atoms with Crippen LogP contribution in [0.4, 0.5) is 0 Å². The number of nitrogens with two attached hydrogens (primary N) is 1. The molecular formula is C13H20N2O3S. The van der Waals surface area contributed by atoms with E-state index < -0.39 is 15.9 Å². The number of rotatable bonds is 7. The van der Waals surface area contributed by atoms with Crippen LogP contribution in [0.2, 0.25) is 0 Å². The van der Waals surface area contributed by atoms with Crippen molar-refractivity contribution in [2.75, 3.05) is 18.1 Å². The van der Waals surface area contributed by atoms with Crippen LogP contribution in [-0.4, -0.2) is 38.4 Å². The van der Waals surface area contributed by atoms with E-state index in [0.29, 0.717) is 6.42 Å². The second-order valence-electron chi connectivity index (χ2n) is 4.32.